The Morgan fingerprint density at radius 2 is 2.46 bits per heavy atom. The molecule has 1 aromatic heterocycles. The molecule has 3 heteroatoms. The SMILES string of the molecule is CN(C)CC1NCCc2occc21. The minimum absolute atomic E-state index is 0.442. The molecule has 1 atom stereocenters. The molecule has 0 aromatic carbocycles. The monoisotopic (exact) mass is 180 g/mol. The largest absolute Gasteiger partial charge is 0.469 e. The quantitative estimate of drug-likeness (QED) is 0.736. The zero-order valence-electron chi connectivity index (χ0n) is 8.21. The normalized spacial score (nSPS) is 21.9. The number of hydrogen-bond donors (Lipinski definition) is 1. The molecule has 0 amide bonds. The molecule has 0 fully saturated rings. The molecule has 1 aromatic rings. The lowest BCUT2D eigenvalue weighted by Gasteiger charge is -2.25. The molecule has 2 rings (SSSR count). The number of hydrogen-bond acceptors (Lipinski definition) is 3. The first-order valence-electron chi connectivity index (χ1n) is 4.72. The van der Waals surface area contributed by atoms with E-state index in [0.717, 1.165) is 25.3 Å². The Kier molecular flexibility index (Phi) is 2.38. The molecule has 1 unspecified atom stereocenters. The van der Waals surface area contributed by atoms with Crippen molar-refractivity contribution in [3.05, 3.63) is 23.7 Å². The summed E-state index contributed by atoms with van der Waals surface area (Å²) in [5.41, 5.74) is 1.33. The highest BCUT2D eigenvalue weighted by atomic mass is 16.3. The van der Waals surface area contributed by atoms with Gasteiger partial charge in [-0.3, -0.25) is 0 Å². The Hall–Kier alpha value is -0.800. The lowest BCUT2D eigenvalue weighted by molar-refractivity contribution is 0.325. The van der Waals surface area contributed by atoms with Gasteiger partial charge in [-0.1, -0.05) is 0 Å². The van der Waals surface area contributed by atoms with Crippen molar-refractivity contribution >= 4 is 0 Å². The van der Waals surface area contributed by atoms with Gasteiger partial charge in [-0.15, -0.1) is 0 Å². The van der Waals surface area contributed by atoms with Crippen LogP contribution in [0.15, 0.2) is 16.7 Å². The average molecular weight is 180 g/mol. The molecule has 13 heavy (non-hydrogen) atoms. The van der Waals surface area contributed by atoms with Gasteiger partial charge in [-0.25, -0.2) is 0 Å². The molecule has 0 aliphatic carbocycles. The zero-order chi connectivity index (χ0) is 9.26. The third kappa shape index (κ3) is 1.76. The molecule has 0 saturated heterocycles. The number of likely N-dealkylation sites (N-methyl/N-ethyl adjacent to an activating group) is 1. The molecule has 1 N–H and O–H groups in total. The van der Waals surface area contributed by atoms with E-state index in [-0.39, 0.29) is 0 Å². The Bertz CT molecular complexity index is 280. The molecule has 0 saturated carbocycles. The fourth-order valence-corrected chi connectivity index (χ4v) is 1.86. The molecular weight excluding hydrogens is 164 g/mol. The minimum Gasteiger partial charge on any atom is -0.469 e. The highest BCUT2D eigenvalue weighted by Gasteiger charge is 2.21. The fraction of sp³-hybridized carbons (Fsp3) is 0.600. The maximum atomic E-state index is 5.41. The third-order valence-electron chi connectivity index (χ3n) is 2.45. The first-order valence-corrected chi connectivity index (χ1v) is 4.72. The van der Waals surface area contributed by atoms with Crippen LogP contribution in [0.1, 0.15) is 17.4 Å². The Morgan fingerprint density at radius 3 is 3.23 bits per heavy atom. The summed E-state index contributed by atoms with van der Waals surface area (Å²) < 4.78 is 5.41. The topological polar surface area (TPSA) is 28.4 Å². The summed E-state index contributed by atoms with van der Waals surface area (Å²) in [5.74, 6) is 1.16. The van der Waals surface area contributed by atoms with E-state index in [0.29, 0.717) is 6.04 Å². The molecule has 1 aliphatic heterocycles. The molecule has 1 aliphatic rings. The molecule has 0 bridgehead atoms. The Labute approximate surface area is 78.7 Å². The van der Waals surface area contributed by atoms with Crippen molar-refractivity contribution in [2.75, 3.05) is 27.2 Å². The van der Waals surface area contributed by atoms with Crippen LogP contribution in [0.2, 0.25) is 0 Å². The van der Waals surface area contributed by atoms with Crippen molar-refractivity contribution in [2.45, 2.75) is 12.5 Å². The van der Waals surface area contributed by atoms with Gasteiger partial charge in [0.25, 0.3) is 0 Å². The van der Waals surface area contributed by atoms with Gasteiger partial charge in [0, 0.05) is 31.1 Å². The highest BCUT2D eigenvalue weighted by molar-refractivity contribution is 5.24. The molecule has 2 heterocycles. The van der Waals surface area contributed by atoms with E-state index >= 15 is 0 Å². The number of rotatable bonds is 2. The van der Waals surface area contributed by atoms with E-state index in [1.807, 2.05) is 0 Å². The van der Waals surface area contributed by atoms with Crippen LogP contribution in [0.5, 0.6) is 0 Å². The van der Waals surface area contributed by atoms with Crippen LogP contribution in [0, 0.1) is 0 Å². The molecule has 3 nitrogen and oxygen atoms in total. The van der Waals surface area contributed by atoms with Gasteiger partial charge in [-0.2, -0.15) is 0 Å². The molecule has 72 valence electrons. The van der Waals surface area contributed by atoms with Crippen LogP contribution in [0.3, 0.4) is 0 Å². The van der Waals surface area contributed by atoms with Gasteiger partial charge in [0.1, 0.15) is 5.76 Å². The van der Waals surface area contributed by atoms with E-state index in [4.69, 9.17) is 4.42 Å². The van der Waals surface area contributed by atoms with Gasteiger partial charge >= 0.3 is 0 Å². The van der Waals surface area contributed by atoms with Gasteiger partial charge in [0.15, 0.2) is 0 Å². The van der Waals surface area contributed by atoms with E-state index < -0.39 is 0 Å². The number of nitrogens with one attached hydrogen (secondary N) is 1. The summed E-state index contributed by atoms with van der Waals surface area (Å²) in [6.45, 7) is 2.06. The Balaban J connectivity index is 2.15. The second kappa shape index (κ2) is 3.52. The standard InChI is InChI=1S/C10H16N2O/c1-12(2)7-9-8-4-6-13-10(8)3-5-11-9/h4,6,9,11H,3,5,7H2,1-2H3. The summed E-state index contributed by atoms with van der Waals surface area (Å²) >= 11 is 0. The molecule has 0 spiro atoms. The van der Waals surface area contributed by atoms with Gasteiger partial charge in [-0.05, 0) is 20.2 Å². The highest BCUT2D eigenvalue weighted by Crippen LogP contribution is 2.23. The first-order chi connectivity index (χ1) is 6.27. The van der Waals surface area contributed by atoms with E-state index in [1.165, 1.54) is 5.56 Å². The second-order valence-corrected chi connectivity index (χ2v) is 3.82. The maximum Gasteiger partial charge on any atom is 0.109 e. The third-order valence-corrected chi connectivity index (χ3v) is 2.45. The first kappa shape index (κ1) is 8.78. The summed E-state index contributed by atoms with van der Waals surface area (Å²) in [6, 6.07) is 2.52. The molecular formula is C10H16N2O. The van der Waals surface area contributed by atoms with Crippen LogP contribution >= 0.6 is 0 Å². The van der Waals surface area contributed by atoms with Crippen LogP contribution in [0.4, 0.5) is 0 Å². The van der Waals surface area contributed by atoms with Crippen LogP contribution < -0.4 is 5.32 Å². The lowest BCUT2D eigenvalue weighted by atomic mass is 10.0. The molecule has 0 radical (unpaired) electrons. The predicted molar refractivity (Wildman–Crippen MR) is 51.7 cm³/mol. The van der Waals surface area contributed by atoms with Crippen molar-refractivity contribution in [3.63, 3.8) is 0 Å². The number of fused-ring (bicyclic) bond motifs is 1. The summed E-state index contributed by atoms with van der Waals surface area (Å²) in [4.78, 5) is 2.19. The van der Waals surface area contributed by atoms with Gasteiger partial charge < -0.3 is 14.6 Å². The maximum absolute atomic E-state index is 5.41. The second-order valence-electron chi connectivity index (χ2n) is 3.82. The minimum atomic E-state index is 0.442. The summed E-state index contributed by atoms with van der Waals surface area (Å²) in [6.07, 6.45) is 2.81. The van der Waals surface area contributed by atoms with Crippen molar-refractivity contribution < 1.29 is 4.42 Å². The summed E-state index contributed by atoms with van der Waals surface area (Å²) in [5, 5.41) is 3.49. The van der Waals surface area contributed by atoms with Gasteiger partial charge in [0.05, 0.1) is 6.26 Å². The van der Waals surface area contributed by atoms with Crippen molar-refractivity contribution in [1.29, 1.82) is 0 Å². The number of furan rings is 1. The van der Waals surface area contributed by atoms with Crippen molar-refractivity contribution in [2.24, 2.45) is 0 Å². The van der Waals surface area contributed by atoms with Crippen molar-refractivity contribution in [1.82, 2.24) is 10.2 Å². The fourth-order valence-electron chi connectivity index (χ4n) is 1.86. The van der Waals surface area contributed by atoms with E-state index in [9.17, 15) is 0 Å². The smallest absolute Gasteiger partial charge is 0.109 e. The van der Waals surface area contributed by atoms with E-state index in [1.54, 1.807) is 6.26 Å². The average Bonchev–Trinajstić information content (AvgIpc) is 2.51. The van der Waals surface area contributed by atoms with E-state index in [2.05, 4.69) is 30.4 Å². The lowest BCUT2D eigenvalue weighted by Crippen LogP contribution is -2.35. The van der Waals surface area contributed by atoms with Gasteiger partial charge in [0.2, 0.25) is 0 Å². The van der Waals surface area contributed by atoms with Crippen LogP contribution in [0.25, 0.3) is 0 Å². The summed E-state index contributed by atoms with van der Waals surface area (Å²) in [7, 11) is 4.19. The van der Waals surface area contributed by atoms with Crippen molar-refractivity contribution in [3.8, 4) is 0 Å². The van der Waals surface area contributed by atoms with Crippen LogP contribution in [-0.2, 0) is 6.42 Å². The zero-order valence-corrected chi connectivity index (χ0v) is 8.21. The van der Waals surface area contributed by atoms with Crippen LogP contribution in [-0.4, -0.2) is 32.1 Å². The number of nitrogens with zero attached hydrogens (tertiary/aromatic N) is 1. The Morgan fingerprint density at radius 1 is 1.62 bits per heavy atom. The predicted octanol–water partition coefficient (Wildman–Crippen LogP) is 1.03.